The molecule has 3 aromatic carbocycles. The van der Waals surface area contributed by atoms with E-state index >= 15 is 0 Å². The zero-order valence-electron chi connectivity index (χ0n) is 18.9. The average Bonchev–Trinajstić information content (AvgIpc) is 3.28. The molecule has 1 heterocycles. The highest BCUT2D eigenvalue weighted by Crippen LogP contribution is 2.39. The summed E-state index contributed by atoms with van der Waals surface area (Å²) in [6.07, 6.45) is 4.62. The van der Waals surface area contributed by atoms with Crippen LogP contribution in [-0.4, -0.2) is 22.9 Å². The summed E-state index contributed by atoms with van der Waals surface area (Å²) >= 11 is 0. The minimum absolute atomic E-state index is 0.393. The number of carbonyl (C=O) groups is 1. The van der Waals surface area contributed by atoms with Gasteiger partial charge in [-0.1, -0.05) is 60.7 Å². The summed E-state index contributed by atoms with van der Waals surface area (Å²) in [7, 11) is 0. The van der Waals surface area contributed by atoms with Crippen molar-refractivity contribution in [1.82, 2.24) is 4.90 Å². The maximum absolute atomic E-state index is 11.5. The number of benzene rings is 3. The van der Waals surface area contributed by atoms with Crippen molar-refractivity contribution in [2.75, 3.05) is 10.2 Å². The lowest BCUT2D eigenvalue weighted by molar-refractivity contribution is 0.100. The monoisotopic (exact) mass is 439 g/mol. The molecule has 33 heavy (non-hydrogen) atoms. The van der Waals surface area contributed by atoms with Gasteiger partial charge in [0.05, 0.1) is 11.4 Å². The van der Waals surface area contributed by atoms with Gasteiger partial charge in [0.2, 0.25) is 5.91 Å². The van der Waals surface area contributed by atoms with E-state index in [0.29, 0.717) is 17.6 Å². The number of anilines is 2. The Kier molecular flexibility index (Phi) is 6.31. The van der Waals surface area contributed by atoms with E-state index in [1.54, 1.807) is 0 Å². The normalized spacial score (nSPS) is 19.8. The molecule has 169 valence electrons. The highest BCUT2D eigenvalue weighted by Gasteiger charge is 2.32. The van der Waals surface area contributed by atoms with Crippen molar-refractivity contribution >= 4 is 17.3 Å². The first-order valence-electron chi connectivity index (χ1n) is 11.8. The van der Waals surface area contributed by atoms with Gasteiger partial charge in [-0.15, -0.1) is 0 Å². The molecule has 1 saturated carbocycles. The van der Waals surface area contributed by atoms with E-state index < -0.39 is 5.91 Å². The molecule has 0 saturated heterocycles. The number of rotatable bonds is 7. The third-order valence-corrected chi connectivity index (χ3v) is 6.95. The van der Waals surface area contributed by atoms with Crippen LogP contribution in [0.1, 0.15) is 47.2 Å². The SMILES string of the molecule is NC(=O)c1ccc2c(c1)N[CH]N2C1CCC(N(Cc2ccccc2)Cc2ccccc2)CC1. The number of fused-ring (bicyclic) bond motifs is 1. The van der Waals surface area contributed by atoms with Gasteiger partial charge in [-0.25, -0.2) is 0 Å². The Hall–Kier alpha value is -3.31. The summed E-state index contributed by atoms with van der Waals surface area (Å²) < 4.78 is 0. The summed E-state index contributed by atoms with van der Waals surface area (Å²) in [6.45, 7) is 3.99. The summed E-state index contributed by atoms with van der Waals surface area (Å²) in [5.74, 6) is -0.393. The van der Waals surface area contributed by atoms with Crippen LogP contribution >= 0.6 is 0 Å². The second kappa shape index (κ2) is 9.67. The fourth-order valence-corrected chi connectivity index (χ4v) is 5.19. The lowest BCUT2D eigenvalue weighted by atomic mass is 9.88. The first-order chi connectivity index (χ1) is 16.2. The van der Waals surface area contributed by atoms with Gasteiger partial charge in [0.1, 0.15) is 6.67 Å². The van der Waals surface area contributed by atoms with E-state index in [-0.39, 0.29) is 0 Å². The minimum atomic E-state index is -0.393. The van der Waals surface area contributed by atoms with Crippen molar-refractivity contribution in [3.05, 3.63) is 102 Å². The van der Waals surface area contributed by atoms with Gasteiger partial charge in [-0.05, 0) is 55.0 Å². The van der Waals surface area contributed by atoms with Crippen LogP contribution in [0.3, 0.4) is 0 Å². The van der Waals surface area contributed by atoms with E-state index in [1.807, 2.05) is 24.9 Å². The van der Waals surface area contributed by atoms with Crippen LogP contribution in [0.2, 0.25) is 0 Å². The second-order valence-corrected chi connectivity index (χ2v) is 9.12. The molecule has 5 heteroatoms. The third-order valence-electron chi connectivity index (χ3n) is 6.95. The Morgan fingerprint density at radius 3 is 2.06 bits per heavy atom. The zero-order valence-corrected chi connectivity index (χ0v) is 18.9. The molecule has 1 amide bonds. The summed E-state index contributed by atoms with van der Waals surface area (Å²) in [5.41, 5.74) is 10.8. The van der Waals surface area contributed by atoms with Gasteiger partial charge in [-0.3, -0.25) is 9.69 Å². The fourth-order valence-electron chi connectivity index (χ4n) is 5.19. The van der Waals surface area contributed by atoms with E-state index in [1.165, 1.54) is 24.0 Å². The van der Waals surface area contributed by atoms with E-state index in [9.17, 15) is 4.79 Å². The Bertz CT molecular complexity index is 1040. The Morgan fingerprint density at radius 2 is 1.48 bits per heavy atom. The lowest BCUT2D eigenvalue weighted by Gasteiger charge is -2.40. The standard InChI is InChI=1S/C28H31N4O/c29-28(33)23-11-16-27-26(17-23)30-20-32(27)25-14-12-24(13-15-25)31(18-21-7-3-1-4-8-21)19-22-9-5-2-6-10-22/h1-11,16-17,20,24-25,30H,12-15,18-19H2,(H2,29,33). The summed E-state index contributed by atoms with van der Waals surface area (Å²) in [4.78, 5) is 16.5. The predicted octanol–water partition coefficient (Wildman–Crippen LogP) is 5.15. The van der Waals surface area contributed by atoms with Crippen molar-refractivity contribution in [2.45, 2.75) is 50.9 Å². The smallest absolute Gasteiger partial charge is 0.248 e. The molecule has 3 aromatic rings. The molecule has 1 radical (unpaired) electrons. The molecular weight excluding hydrogens is 408 g/mol. The van der Waals surface area contributed by atoms with Crippen molar-refractivity contribution in [1.29, 1.82) is 0 Å². The van der Waals surface area contributed by atoms with E-state index in [0.717, 1.165) is 37.3 Å². The van der Waals surface area contributed by atoms with Crippen molar-refractivity contribution in [2.24, 2.45) is 5.73 Å². The number of primary amides is 1. The molecule has 1 aliphatic carbocycles. The Morgan fingerprint density at radius 1 is 0.879 bits per heavy atom. The maximum atomic E-state index is 11.5. The number of amides is 1. The fraction of sp³-hybridized carbons (Fsp3) is 0.286. The number of nitrogens with one attached hydrogen (secondary N) is 1. The molecule has 1 aliphatic heterocycles. The highest BCUT2D eigenvalue weighted by molar-refractivity contribution is 5.96. The Balaban J connectivity index is 1.27. The minimum Gasteiger partial charge on any atom is -0.366 e. The van der Waals surface area contributed by atoms with E-state index in [2.05, 4.69) is 75.8 Å². The second-order valence-electron chi connectivity index (χ2n) is 9.12. The molecule has 0 unspecified atom stereocenters. The summed E-state index contributed by atoms with van der Waals surface area (Å²) in [5, 5.41) is 3.32. The maximum Gasteiger partial charge on any atom is 0.248 e. The van der Waals surface area contributed by atoms with Gasteiger partial charge in [0, 0.05) is 30.7 Å². The number of nitrogens with zero attached hydrogens (tertiary/aromatic N) is 2. The topological polar surface area (TPSA) is 61.6 Å². The van der Waals surface area contributed by atoms with Crippen LogP contribution in [0.15, 0.2) is 78.9 Å². The van der Waals surface area contributed by atoms with Crippen LogP contribution in [0.5, 0.6) is 0 Å². The molecule has 0 spiro atoms. The van der Waals surface area contributed by atoms with Crippen LogP contribution < -0.4 is 16.0 Å². The molecule has 1 fully saturated rings. The molecule has 5 nitrogen and oxygen atoms in total. The predicted molar refractivity (Wildman–Crippen MR) is 134 cm³/mol. The molecule has 0 atom stereocenters. The largest absolute Gasteiger partial charge is 0.366 e. The van der Waals surface area contributed by atoms with E-state index in [4.69, 9.17) is 5.73 Å². The molecule has 0 aromatic heterocycles. The molecular formula is C28H31N4O. The first kappa shape index (κ1) is 21.5. The number of carbonyl (C=O) groups excluding carboxylic acids is 1. The first-order valence-corrected chi connectivity index (χ1v) is 11.8. The lowest BCUT2D eigenvalue weighted by Crippen LogP contribution is -2.42. The molecule has 0 bridgehead atoms. The van der Waals surface area contributed by atoms with Crippen LogP contribution in [0.25, 0.3) is 0 Å². The highest BCUT2D eigenvalue weighted by atomic mass is 16.1. The van der Waals surface area contributed by atoms with Gasteiger partial charge in [0.25, 0.3) is 0 Å². The molecule has 2 aliphatic rings. The van der Waals surface area contributed by atoms with Crippen molar-refractivity contribution in [3.8, 4) is 0 Å². The van der Waals surface area contributed by atoms with Crippen LogP contribution in [0.4, 0.5) is 11.4 Å². The summed E-state index contributed by atoms with van der Waals surface area (Å²) in [6, 6.07) is 28.3. The quantitative estimate of drug-likeness (QED) is 0.534. The number of nitrogens with two attached hydrogens (primary N) is 1. The van der Waals surface area contributed by atoms with Crippen molar-refractivity contribution in [3.63, 3.8) is 0 Å². The molecule has 3 N–H and O–H groups in total. The zero-order chi connectivity index (χ0) is 22.6. The Labute approximate surface area is 196 Å². The third kappa shape index (κ3) is 4.88. The van der Waals surface area contributed by atoms with Gasteiger partial charge >= 0.3 is 0 Å². The number of hydrogen-bond acceptors (Lipinski definition) is 4. The van der Waals surface area contributed by atoms with Crippen LogP contribution in [0, 0.1) is 6.67 Å². The van der Waals surface area contributed by atoms with Gasteiger partial charge in [-0.2, -0.15) is 0 Å². The van der Waals surface area contributed by atoms with Crippen LogP contribution in [-0.2, 0) is 13.1 Å². The van der Waals surface area contributed by atoms with Crippen molar-refractivity contribution < 1.29 is 4.79 Å². The van der Waals surface area contributed by atoms with Gasteiger partial charge < -0.3 is 16.0 Å². The van der Waals surface area contributed by atoms with Gasteiger partial charge in [0.15, 0.2) is 0 Å². The average molecular weight is 440 g/mol. The molecule has 5 rings (SSSR count). The number of hydrogen-bond donors (Lipinski definition) is 2.